The molecule has 1 aromatic carbocycles. The van der Waals surface area contributed by atoms with Gasteiger partial charge < -0.3 is 25.2 Å². The maximum absolute atomic E-state index is 12.6. The number of pyridine rings is 1. The molecule has 0 radical (unpaired) electrons. The van der Waals surface area contributed by atoms with Gasteiger partial charge in [0, 0.05) is 40.0 Å². The van der Waals surface area contributed by atoms with Gasteiger partial charge in [0.25, 0.3) is 0 Å². The van der Waals surface area contributed by atoms with Crippen molar-refractivity contribution in [2.45, 2.75) is 19.8 Å². The van der Waals surface area contributed by atoms with Gasteiger partial charge in [0.2, 0.25) is 5.91 Å². The number of hydrogen-bond donors (Lipinski definition) is 2. The number of hydrogen-bond acceptors (Lipinski definition) is 8. The van der Waals surface area contributed by atoms with Crippen LogP contribution in [0.1, 0.15) is 25.3 Å². The van der Waals surface area contributed by atoms with Crippen LogP contribution in [0.5, 0.6) is 0 Å². The number of anilines is 3. The molecule has 3 aromatic rings. The number of carbonyl (C=O) groups is 1. The second-order valence-electron chi connectivity index (χ2n) is 9.83. The van der Waals surface area contributed by atoms with Crippen LogP contribution in [0.3, 0.4) is 0 Å². The fourth-order valence-corrected chi connectivity index (χ4v) is 4.63. The van der Waals surface area contributed by atoms with Crippen LogP contribution in [0.15, 0.2) is 69.8 Å². The Kier molecular flexibility index (Phi) is 8.67. The van der Waals surface area contributed by atoms with Gasteiger partial charge in [-0.2, -0.15) is 0 Å². The molecule has 11 nitrogen and oxygen atoms in total. The van der Waals surface area contributed by atoms with E-state index in [0.29, 0.717) is 64.1 Å². The summed E-state index contributed by atoms with van der Waals surface area (Å²) in [6.45, 7) is 2.88. The van der Waals surface area contributed by atoms with Gasteiger partial charge in [0.1, 0.15) is 30.2 Å². The van der Waals surface area contributed by atoms with Crippen molar-refractivity contribution >= 4 is 55.8 Å². The maximum Gasteiger partial charge on any atom is 0.368 e. The summed E-state index contributed by atoms with van der Waals surface area (Å²) in [7, 11) is 3.91. The maximum atomic E-state index is 12.6. The van der Waals surface area contributed by atoms with E-state index < -0.39 is 4.92 Å². The standard InChI is InChI=1S/C28H27BrN8O3/c1-5-18-12-21(9-10-23(18)29)33-27-22-14-25(30-15-24(22)31-17-32-27)35-26(38)8-7-11-37(3,4)16-19-13-20(6-2)34-28(19)36(39)40/h1,7-10,12,14-15,17H,6,11,13,16H2,2-4H3,(H-,30,31,32,33,35,38)/p+1/b8-7+. The third-order valence-electron chi connectivity index (χ3n) is 6.22. The Morgan fingerprint density at radius 2 is 2.08 bits per heavy atom. The average Bonchev–Trinajstić information content (AvgIpc) is 3.32. The van der Waals surface area contributed by atoms with E-state index in [4.69, 9.17) is 6.42 Å². The monoisotopic (exact) mass is 603 g/mol. The van der Waals surface area contributed by atoms with Gasteiger partial charge in [0.05, 0.1) is 37.9 Å². The summed E-state index contributed by atoms with van der Waals surface area (Å²) in [5, 5.41) is 18.1. The Bertz CT molecular complexity index is 1620. The van der Waals surface area contributed by atoms with E-state index >= 15 is 0 Å². The van der Waals surface area contributed by atoms with Gasteiger partial charge in [0.15, 0.2) is 0 Å². The lowest BCUT2D eigenvalue weighted by atomic mass is 10.1. The topological polar surface area (TPSA) is 135 Å². The summed E-state index contributed by atoms with van der Waals surface area (Å²) in [5.41, 5.74) is 3.57. The predicted octanol–water partition coefficient (Wildman–Crippen LogP) is 4.83. The summed E-state index contributed by atoms with van der Waals surface area (Å²) < 4.78 is 1.25. The van der Waals surface area contributed by atoms with Crippen LogP contribution >= 0.6 is 15.9 Å². The highest BCUT2D eigenvalue weighted by Gasteiger charge is 2.32. The SMILES string of the molecule is C#Cc1cc(Nc2ncnc3cnc(NC(=O)/C=C/C[N+](C)(C)CC4=C([N+](=O)[O-])N=C(CC)C4)cc23)ccc1Br. The summed E-state index contributed by atoms with van der Waals surface area (Å²) in [6.07, 6.45) is 12.9. The molecule has 0 saturated carbocycles. The molecule has 2 N–H and O–H groups in total. The summed E-state index contributed by atoms with van der Waals surface area (Å²) in [4.78, 5) is 40.7. The molecule has 0 fully saturated rings. The molecule has 1 amide bonds. The van der Waals surface area contributed by atoms with E-state index in [2.05, 4.69) is 52.4 Å². The van der Waals surface area contributed by atoms with Crippen molar-refractivity contribution in [1.29, 1.82) is 0 Å². The lowest BCUT2D eigenvalue weighted by Gasteiger charge is -2.28. The first-order valence-corrected chi connectivity index (χ1v) is 13.2. The van der Waals surface area contributed by atoms with Crippen molar-refractivity contribution in [3.05, 3.63) is 80.5 Å². The second kappa shape index (κ2) is 12.1. The van der Waals surface area contributed by atoms with E-state index in [1.54, 1.807) is 18.3 Å². The lowest BCUT2D eigenvalue weighted by Crippen LogP contribution is -2.41. The Hall–Kier alpha value is -4.47. The number of fused-ring (bicyclic) bond motifs is 1. The average molecular weight is 604 g/mol. The van der Waals surface area contributed by atoms with Crippen molar-refractivity contribution in [1.82, 2.24) is 15.0 Å². The van der Waals surface area contributed by atoms with Gasteiger partial charge in [-0.05, 0) is 56.2 Å². The fraction of sp³-hybridized carbons (Fsp3) is 0.250. The zero-order valence-corrected chi connectivity index (χ0v) is 23.9. The van der Waals surface area contributed by atoms with Crippen molar-refractivity contribution in [2.24, 2.45) is 4.99 Å². The van der Waals surface area contributed by atoms with Gasteiger partial charge in [-0.15, -0.1) is 6.42 Å². The minimum Gasteiger partial charge on any atom is -0.358 e. The van der Waals surface area contributed by atoms with Gasteiger partial charge >= 0.3 is 5.82 Å². The molecule has 1 aliphatic rings. The number of amides is 1. The zero-order chi connectivity index (χ0) is 28.9. The molecular weight excluding hydrogens is 576 g/mol. The molecule has 0 unspecified atom stereocenters. The molecule has 0 spiro atoms. The quantitative estimate of drug-likeness (QED) is 0.111. The third kappa shape index (κ3) is 6.93. The molecule has 12 heteroatoms. The Morgan fingerprint density at radius 3 is 2.80 bits per heavy atom. The number of nitrogens with zero attached hydrogens (tertiary/aromatic N) is 6. The minimum absolute atomic E-state index is 0.0541. The number of likely N-dealkylation sites (N-methyl/N-ethyl adjacent to an activating group) is 1. The smallest absolute Gasteiger partial charge is 0.358 e. The summed E-state index contributed by atoms with van der Waals surface area (Å²) in [6, 6.07) is 7.23. The van der Waals surface area contributed by atoms with Crippen LogP contribution in [0.2, 0.25) is 0 Å². The molecule has 0 aliphatic carbocycles. The molecule has 0 atom stereocenters. The highest BCUT2D eigenvalue weighted by Crippen LogP contribution is 2.27. The number of halogens is 1. The first-order chi connectivity index (χ1) is 19.1. The minimum atomic E-state index is -0.419. The van der Waals surface area contributed by atoms with E-state index in [9.17, 15) is 14.9 Å². The van der Waals surface area contributed by atoms with Gasteiger partial charge in [-0.25, -0.2) is 15.0 Å². The van der Waals surface area contributed by atoms with E-state index in [1.165, 1.54) is 12.4 Å². The first kappa shape index (κ1) is 28.5. The third-order valence-corrected chi connectivity index (χ3v) is 6.92. The summed E-state index contributed by atoms with van der Waals surface area (Å²) in [5.74, 6) is 3.09. The van der Waals surface area contributed by atoms with Crippen molar-refractivity contribution in [3.8, 4) is 12.3 Å². The Morgan fingerprint density at radius 1 is 1.27 bits per heavy atom. The number of rotatable bonds is 10. The van der Waals surface area contributed by atoms with Gasteiger partial charge in [-0.1, -0.05) is 12.8 Å². The number of nitro groups is 1. The molecule has 0 saturated heterocycles. The number of terminal acetylenes is 1. The van der Waals surface area contributed by atoms with E-state index in [-0.39, 0.29) is 11.7 Å². The van der Waals surface area contributed by atoms with Gasteiger partial charge in [-0.3, -0.25) is 4.79 Å². The van der Waals surface area contributed by atoms with Crippen molar-refractivity contribution in [3.63, 3.8) is 0 Å². The first-order valence-electron chi connectivity index (χ1n) is 12.4. The Balaban J connectivity index is 1.42. The Labute approximate surface area is 240 Å². The molecule has 40 heavy (non-hydrogen) atoms. The molecule has 0 bridgehead atoms. The van der Waals surface area contributed by atoms with Crippen LogP contribution < -0.4 is 10.6 Å². The number of benzene rings is 1. The molecule has 4 rings (SSSR count). The van der Waals surface area contributed by atoms with Crippen LogP contribution in [0.25, 0.3) is 10.9 Å². The molecule has 204 valence electrons. The van der Waals surface area contributed by atoms with Crippen LogP contribution in [-0.4, -0.2) is 63.2 Å². The number of aromatic nitrogens is 3. The van der Waals surface area contributed by atoms with Crippen LogP contribution in [-0.2, 0) is 4.79 Å². The van der Waals surface area contributed by atoms with Crippen molar-refractivity contribution in [2.75, 3.05) is 37.8 Å². The number of quaternary nitrogens is 1. The lowest BCUT2D eigenvalue weighted by molar-refractivity contribution is -0.880. The zero-order valence-electron chi connectivity index (χ0n) is 22.3. The highest BCUT2D eigenvalue weighted by atomic mass is 79.9. The molecule has 3 heterocycles. The van der Waals surface area contributed by atoms with E-state index in [1.807, 2.05) is 39.2 Å². The molecule has 2 aromatic heterocycles. The number of carbonyl (C=O) groups excluding carboxylic acids is 1. The number of nitrogens with one attached hydrogen (secondary N) is 2. The fourth-order valence-electron chi connectivity index (χ4n) is 4.27. The molecule has 1 aliphatic heterocycles. The highest BCUT2D eigenvalue weighted by molar-refractivity contribution is 9.10. The summed E-state index contributed by atoms with van der Waals surface area (Å²) >= 11 is 3.43. The second-order valence-corrected chi connectivity index (χ2v) is 10.7. The predicted molar refractivity (Wildman–Crippen MR) is 159 cm³/mol. The van der Waals surface area contributed by atoms with E-state index in [0.717, 1.165) is 15.9 Å². The largest absolute Gasteiger partial charge is 0.368 e. The van der Waals surface area contributed by atoms with Crippen LogP contribution in [0.4, 0.5) is 17.3 Å². The number of aliphatic imine (C=N–C) groups is 1. The van der Waals surface area contributed by atoms with Crippen LogP contribution in [0, 0.1) is 22.5 Å². The van der Waals surface area contributed by atoms with Crippen molar-refractivity contribution < 1.29 is 14.2 Å². The molecular formula is C28H28BrN8O3+. The normalized spacial score (nSPS) is 13.4.